The lowest BCUT2D eigenvalue weighted by Gasteiger charge is -2.34. The van der Waals surface area contributed by atoms with Gasteiger partial charge in [0.2, 0.25) is 11.9 Å². The van der Waals surface area contributed by atoms with E-state index in [-0.39, 0.29) is 28.8 Å². The van der Waals surface area contributed by atoms with E-state index in [1.807, 2.05) is 62.4 Å². The van der Waals surface area contributed by atoms with Crippen molar-refractivity contribution in [3.8, 4) is 35.4 Å². The number of allylic oxidation sites excluding steroid dienone is 2. The summed E-state index contributed by atoms with van der Waals surface area (Å²) in [5.74, 6) is 0.674. The van der Waals surface area contributed by atoms with E-state index in [0.29, 0.717) is 50.5 Å². The van der Waals surface area contributed by atoms with Gasteiger partial charge >= 0.3 is 0 Å². The van der Waals surface area contributed by atoms with Crippen LogP contribution in [-0.2, 0) is 4.65 Å². The molecule has 74 heavy (non-hydrogen) atoms. The molecule has 0 spiro atoms. The van der Waals surface area contributed by atoms with Gasteiger partial charge < -0.3 is 15.3 Å². The Morgan fingerprint density at radius 2 is 1.08 bits per heavy atom. The van der Waals surface area contributed by atoms with Crippen LogP contribution in [0.4, 0.5) is 23.3 Å². The number of fused-ring (bicyclic) bond motifs is 2. The van der Waals surface area contributed by atoms with Crippen LogP contribution in [0, 0.1) is 73.0 Å². The molecule has 1 radical (unpaired) electrons. The molecule has 8 aromatic rings. The number of anilines is 4. The lowest BCUT2D eigenvalue weighted by molar-refractivity contribution is 0.0881. The van der Waals surface area contributed by atoms with Crippen LogP contribution in [0.25, 0.3) is 45.1 Å². The number of hydrogen-bond donors (Lipinski definition) is 4. The summed E-state index contributed by atoms with van der Waals surface area (Å²) in [4.78, 5) is 39.4. The number of nitriles is 4. The van der Waals surface area contributed by atoms with Gasteiger partial charge in [0.15, 0.2) is 0 Å². The molecule has 13 nitrogen and oxygen atoms in total. The molecular formula is C58H50B2BrN10O3. The number of aromatic amines is 2. The molecule has 3 heterocycles. The molecular weight excluding hydrogens is 986 g/mol. The summed E-state index contributed by atoms with van der Waals surface area (Å²) in [7, 11) is 2.31. The third-order valence-corrected chi connectivity index (χ3v) is 13.6. The normalized spacial score (nSPS) is 13.1. The number of benzene rings is 6. The maximum absolute atomic E-state index is 12.8. The Hall–Kier alpha value is -8.79. The van der Waals surface area contributed by atoms with Gasteiger partial charge in [-0.25, -0.2) is 9.97 Å². The van der Waals surface area contributed by atoms with Gasteiger partial charge in [-0.1, -0.05) is 72.9 Å². The quantitative estimate of drug-likeness (QED) is 0.0828. The molecule has 1 saturated heterocycles. The predicted molar refractivity (Wildman–Crippen MR) is 302 cm³/mol. The van der Waals surface area contributed by atoms with Crippen molar-refractivity contribution in [3.63, 3.8) is 0 Å². The number of nitrogens with zero attached hydrogens (tertiary/aromatic N) is 6. The van der Waals surface area contributed by atoms with Crippen LogP contribution >= 0.6 is 15.9 Å². The molecule has 1 aliphatic heterocycles. The molecule has 0 bridgehead atoms. The van der Waals surface area contributed by atoms with Crippen molar-refractivity contribution in [1.29, 1.82) is 21.0 Å². The Labute approximate surface area is 439 Å². The highest BCUT2D eigenvalue weighted by Gasteiger charge is 2.50. The number of rotatable bonds is 8. The van der Waals surface area contributed by atoms with Gasteiger partial charge in [-0.05, 0) is 169 Å². The van der Waals surface area contributed by atoms with E-state index in [1.165, 1.54) is 28.7 Å². The van der Waals surface area contributed by atoms with Crippen LogP contribution in [0.15, 0.2) is 135 Å². The Morgan fingerprint density at radius 1 is 0.635 bits per heavy atom. The van der Waals surface area contributed by atoms with Crippen LogP contribution in [0.5, 0.6) is 0 Å². The van der Waals surface area contributed by atoms with Crippen molar-refractivity contribution in [2.75, 3.05) is 10.6 Å². The minimum Gasteiger partial charge on any atom is -0.435 e. The highest BCUT2D eigenvalue weighted by Crippen LogP contribution is 2.45. The first-order valence-electron chi connectivity index (χ1n) is 23.5. The van der Waals surface area contributed by atoms with Gasteiger partial charge in [0, 0.05) is 39.2 Å². The Bertz CT molecular complexity index is 3740. The number of aromatic nitrogens is 4. The summed E-state index contributed by atoms with van der Waals surface area (Å²) >= 11 is 3.39. The second kappa shape index (κ2) is 22.7. The average molecular weight is 1040 g/mol. The van der Waals surface area contributed by atoms with Crippen molar-refractivity contribution < 1.29 is 4.65 Å². The molecule has 4 N–H and O–H groups in total. The summed E-state index contributed by atoms with van der Waals surface area (Å²) in [6, 6.07) is 41.1. The van der Waals surface area contributed by atoms with Gasteiger partial charge in [-0.2, -0.15) is 21.0 Å². The zero-order valence-corrected chi connectivity index (χ0v) is 43.7. The van der Waals surface area contributed by atoms with E-state index in [4.69, 9.17) is 30.7 Å². The number of hydrogen-bond acceptors (Lipinski definition) is 11. The molecule has 0 amide bonds. The van der Waals surface area contributed by atoms with Crippen LogP contribution in [0.1, 0.15) is 72.2 Å². The molecule has 16 heteroatoms. The van der Waals surface area contributed by atoms with E-state index in [9.17, 15) is 9.59 Å². The van der Waals surface area contributed by atoms with Crippen LogP contribution < -0.4 is 27.2 Å². The number of halogens is 1. The largest absolute Gasteiger partial charge is 0.435 e. The van der Waals surface area contributed by atoms with Gasteiger partial charge in [0.25, 0.3) is 17.9 Å². The van der Waals surface area contributed by atoms with E-state index < -0.39 is 0 Å². The molecule has 1 fully saturated rings. The first-order valence-corrected chi connectivity index (χ1v) is 24.3. The van der Waals surface area contributed by atoms with Crippen LogP contribution in [0.3, 0.4) is 0 Å². The van der Waals surface area contributed by atoms with Crippen molar-refractivity contribution in [1.82, 2.24) is 19.9 Å². The topological polar surface area (TPSA) is 220 Å². The van der Waals surface area contributed by atoms with Crippen molar-refractivity contribution in [2.45, 2.75) is 66.3 Å². The maximum atomic E-state index is 12.8. The highest BCUT2D eigenvalue weighted by molar-refractivity contribution is 9.10. The van der Waals surface area contributed by atoms with Crippen molar-refractivity contribution in [2.24, 2.45) is 0 Å². The number of aryl methyl sites for hydroxylation is 4. The molecule has 0 unspecified atom stereocenters. The lowest BCUT2D eigenvalue weighted by atomic mass is 9.23. The van der Waals surface area contributed by atoms with E-state index in [0.717, 1.165) is 43.5 Å². The van der Waals surface area contributed by atoms with Crippen LogP contribution in [0.2, 0.25) is 5.31 Å². The molecule has 6 aromatic carbocycles. The van der Waals surface area contributed by atoms with Gasteiger partial charge in [-0.15, -0.1) is 0 Å². The standard InChI is InChI=1S/C26H19N5O.C17H22B2NO.C15H9BrN4O/c1-16-13-19(5-4-12-27)14-17(2)23(16)21-6-3-7-22-24(21)30-26(31-25(22)32)29-20-10-8-18(15-28)9-11-20;1-12-10-14(8-7-9-20)11-13(2)15(12)19-18-16(3,4)17(5,6)21-19;16-12-3-1-2-11-13(12)19-15(20-14(11)21)18-10-6-4-9(8-17)5-7-10/h3-11,13-14H,1-2H3,(H2,29,30,31,32);7-8,10-11H,1-6H3;1-7H,(H2,18,19,20,21)/b5-4+;8-7+;. The Kier molecular flexibility index (Phi) is 16.3. The first-order chi connectivity index (χ1) is 35.3. The van der Waals surface area contributed by atoms with Crippen LogP contribution in [-0.4, -0.2) is 39.5 Å². The van der Waals surface area contributed by atoms with Gasteiger partial charge in [-0.3, -0.25) is 19.6 Å². The minimum atomic E-state index is -0.239. The van der Waals surface area contributed by atoms with Crippen molar-refractivity contribution in [3.05, 3.63) is 191 Å². The van der Waals surface area contributed by atoms with Gasteiger partial charge in [0.1, 0.15) is 7.17 Å². The summed E-state index contributed by atoms with van der Waals surface area (Å²) in [6.07, 6.45) is 6.58. The fraction of sp³-hybridized carbons (Fsp3) is 0.172. The summed E-state index contributed by atoms with van der Waals surface area (Å²) in [6.45, 7) is 17.0. The average Bonchev–Trinajstić information content (AvgIpc) is 3.58. The number of nitrogens with one attached hydrogen (secondary N) is 4. The molecule has 363 valence electrons. The number of H-pyrrole nitrogens is 2. The molecule has 2 aromatic heterocycles. The molecule has 0 aliphatic carbocycles. The highest BCUT2D eigenvalue weighted by atomic mass is 79.9. The van der Waals surface area contributed by atoms with E-state index in [1.54, 1.807) is 72.8 Å². The van der Waals surface area contributed by atoms with Gasteiger partial charge in [0.05, 0.1) is 57.2 Å². The summed E-state index contributed by atoms with van der Waals surface area (Å²) < 4.78 is 7.07. The SMILES string of the molecule is Cc1cc(/C=C/C#N)cc(C)c1-c1cccc2c(=O)[nH]c(Nc3ccc(C#N)cc3)nc12.Cc1cc(/C=C/C#N)cc(C)c1B1[B]C(C)(C)C(C)(C)O1.N#Cc1ccc(Nc2nc3c(Br)cccc3c(=O)[nH]2)cc1. The fourth-order valence-corrected chi connectivity index (χ4v) is 9.16. The number of para-hydroxylation sites is 2. The smallest absolute Gasteiger partial charge is 0.280 e. The molecule has 0 saturated carbocycles. The zero-order chi connectivity index (χ0) is 53.3. The second-order valence-corrected chi connectivity index (χ2v) is 19.6. The minimum absolute atomic E-state index is 0.0315. The third kappa shape index (κ3) is 12.1. The zero-order valence-electron chi connectivity index (χ0n) is 42.1. The third-order valence-electron chi connectivity index (χ3n) is 12.9. The van der Waals surface area contributed by atoms with E-state index >= 15 is 0 Å². The molecule has 0 atom stereocenters. The van der Waals surface area contributed by atoms with E-state index in [2.05, 4.69) is 114 Å². The first kappa shape index (κ1) is 53.0. The summed E-state index contributed by atoms with van der Waals surface area (Å²) in [5.41, 5.74) is 12.8. The molecule has 1 aliphatic rings. The Morgan fingerprint density at radius 3 is 1.53 bits per heavy atom. The Balaban J connectivity index is 0.000000168. The monoisotopic (exact) mass is 1040 g/mol. The fourth-order valence-electron chi connectivity index (χ4n) is 8.70. The lowest BCUT2D eigenvalue weighted by Crippen LogP contribution is -2.40. The summed E-state index contributed by atoms with van der Waals surface area (Å²) in [5, 5.41) is 42.4. The second-order valence-electron chi connectivity index (χ2n) is 18.8. The predicted octanol–water partition coefficient (Wildman–Crippen LogP) is 11.9. The van der Waals surface area contributed by atoms with Crippen molar-refractivity contribution >= 4 is 92.6 Å². The molecule has 9 rings (SSSR count). The maximum Gasteiger partial charge on any atom is 0.280 e.